The molecule has 10 heteroatoms. The number of carbonyl (C=O) groups excluding carboxylic acids is 1. The molecule has 7 nitrogen and oxygen atoms in total. The first-order valence-corrected chi connectivity index (χ1v) is 9.42. The number of rotatable bonds is 9. The molecule has 170 valence electrons. The summed E-state index contributed by atoms with van der Waals surface area (Å²) in [6.45, 7) is 1.68. The van der Waals surface area contributed by atoms with Crippen LogP contribution in [-0.4, -0.2) is 32.1 Å². The highest BCUT2D eigenvalue weighted by Crippen LogP contribution is 2.26. The van der Waals surface area contributed by atoms with E-state index >= 15 is 0 Å². The number of halogens is 3. The molecule has 31 heavy (non-hydrogen) atoms. The molecule has 0 aliphatic rings. The van der Waals surface area contributed by atoms with Crippen LogP contribution >= 0.6 is 24.0 Å². The fraction of sp³-hybridized carbons (Fsp3) is 0.333. The first-order chi connectivity index (χ1) is 14.4. The van der Waals surface area contributed by atoms with Crippen molar-refractivity contribution in [2.24, 2.45) is 4.99 Å². The molecule has 0 aliphatic carbocycles. The quantitative estimate of drug-likeness (QED) is 0.250. The van der Waals surface area contributed by atoms with E-state index in [0.717, 1.165) is 5.56 Å². The van der Waals surface area contributed by atoms with Crippen molar-refractivity contribution in [3.63, 3.8) is 0 Å². The van der Waals surface area contributed by atoms with E-state index in [4.69, 9.17) is 4.74 Å². The Labute approximate surface area is 197 Å². The van der Waals surface area contributed by atoms with Gasteiger partial charge in [-0.05, 0) is 30.7 Å². The predicted octanol–water partition coefficient (Wildman–Crippen LogP) is 4.13. The summed E-state index contributed by atoms with van der Waals surface area (Å²) in [5, 5.41) is 8.95. The number of ether oxygens (including phenoxy) is 2. The number of aliphatic imine (C=N–C) groups is 1. The minimum absolute atomic E-state index is 0. The van der Waals surface area contributed by atoms with E-state index in [2.05, 4.69) is 25.7 Å². The molecule has 1 amide bonds. The number of methoxy groups -OCH3 is 1. The Morgan fingerprint density at radius 1 is 1.13 bits per heavy atom. The number of hydrogen-bond donors (Lipinski definition) is 3. The Morgan fingerprint density at radius 3 is 2.52 bits per heavy atom. The van der Waals surface area contributed by atoms with E-state index in [1.807, 2.05) is 13.0 Å². The predicted molar refractivity (Wildman–Crippen MR) is 127 cm³/mol. The number of alkyl halides is 2. The van der Waals surface area contributed by atoms with E-state index in [0.29, 0.717) is 36.0 Å². The lowest BCUT2D eigenvalue weighted by Gasteiger charge is -2.14. The van der Waals surface area contributed by atoms with Crippen molar-refractivity contribution in [1.29, 1.82) is 0 Å². The van der Waals surface area contributed by atoms with Gasteiger partial charge in [-0.15, -0.1) is 24.0 Å². The summed E-state index contributed by atoms with van der Waals surface area (Å²) in [5.74, 6) is 0.986. The van der Waals surface area contributed by atoms with Crippen molar-refractivity contribution in [2.75, 3.05) is 19.0 Å². The van der Waals surface area contributed by atoms with Gasteiger partial charge in [0.1, 0.15) is 11.5 Å². The molecule has 0 aromatic heterocycles. The normalized spacial score (nSPS) is 10.8. The van der Waals surface area contributed by atoms with Gasteiger partial charge in [0.05, 0.1) is 19.3 Å². The number of benzene rings is 2. The van der Waals surface area contributed by atoms with Crippen LogP contribution in [0.4, 0.5) is 14.5 Å². The molecule has 3 N–H and O–H groups in total. The molecule has 0 saturated carbocycles. The molecule has 0 heterocycles. The molecular formula is C21H27F2IN4O3. The highest BCUT2D eigenvalue weighted by Gasteiger charge is 2.10. The van der Waals surface area contributed by atoms with E-state index in [9.17, 15) is 13.6 Å². The highest BCUT2D eigenvalue weighted by molar-refractivity contribution is 14.0. The molecule has 2 aromatic rings. The van der Waals surface area contributed by atoms with Crippen LogP contribution in [0, 0.1) is 0 Å². The number of hydrogen-bond acceptors (Lipinski definition) is 4. The van der Waals surface area contributed by atoms with Crippen molar-refractivity contribution in [2.45, 2.75) is 33.5 Å². The summed E-state index contributed by atoms with van der Waals surface area (Å²) in [6.07, 6.45) is 0. The van der Waals surface area contributed by atoms with Gasteiger partial charge in [0, 0.05) is 25.6 Å². The number of para-hydroxylation sites is 1. The highest BCUT2D eigenvalue weighted by atomic mass is 127. The summed E-state index contributed by atoms with van der Waals surface area (Å²) >= 11 is 0. The van der Waals surface area contributed by atoms with Crippen molar-refractivity contribution in [3.8, 4) is 11.5 Å². The Bertz CT molecular complexity index is 881. The summed E-state index contributed by atoms with van der Waals surface area (Å²) < 4.78 is 35.0. The van der Waals surface area contributed by atoms with Crippen LogP contribution in [0.3, 0.4) is 0 Å². The number of carbonyl (C=O) groups is 1. The Hall–Kier alpha value is -2.63. The van der Waals surface area contributed by atoms with Crippen LogP contribution in [-0.2, 0) is 17.9 Å². The molecule has 2 rings (SSSR count). The zero-order valence-corrected chi connectivity index (χ0v) is 19.9. The fourth-order valence-electron chi connectivity index (χ4n) is 2.69. The number of guanidine groups is 1. The third-order valence-electron chi connectivity index (χ3n) is 3.97. The van der Waals surface area contributed by atoms with E-state index in [1.54, 1.807) is 30.3 Å². The Balaban J connectivity index is 0.00000480. The molecule has 0 radical (unpaired) electrons. The van der Waals surface area contributed by atoms with Gasteiger partial charge >= 0.3 is 6.61 Å². The van der Waals surface area contributed by atoms with Crippen molar-refractivity contribution < 1.29 is 23.0 Å². The molecular weight excluding hydrogens is 521 g/mol. The molecule has 0 unspecified atom stereocenters. The van der Waals surface area contributed by atoms with Crippen LogP contribution in [0.2, 0.25) is 0 Å². The van der Waals surface area contributed by atoms with Gasteiger partial charge in [0.2, 0.25) is 5.91 Å². The standard InChI is InChI=1S/C21H26F2N4O3.HI/c1-4-24-21(26-13-16-7-5-6-8-18(16)30-20(22)23)25-12-15-9-10-19(29-3)17(11-15)27-14(2)28;/h5-11,20H,4,12-13H2,1-3H3,(H,27,28)(H2,24,25,26);1H. The van der Waals surface area contributed by atoms with Crippen LogP contribution < -0.4 is 25.4 Å². The minimum Gasteiger partial charge on any atom is -0.495 e. The third-order valence-corrected chi connectivity index (χ3v) is 3.97. The van der Waals surface area contributed by atoms with Crippen molar-refractivity contribution in [3.05, 3.63) is 53.6 Å². The summed E-state index contributed by atoms with van der Waals surface area (Å²) in [6, 6.07) is 12.0. The van der Waals surface area contributed by atoms with Gasteiger partial charge in [-0.25, -0.2) is 4.99 Å². The van der Waals surface area contributed by atoms with E-state index < -0.39 is 6.61 Å². The molecule has 0 saturated heterocycles. The maximum atomic E-state index is 12.6. The zero-order chi connectivity index (χ0) is 21.9. The molecule has 0 spiro atoms. The van der Waals surface area contributed by atoms with Gasteiger partial charge in [0.15, 0.2) is 5.96 Å². The monoisotopic (exact) mass is 548 g/mol. The molecule has 0 bridgehead atoms. The maximum absolute atomic E-state index is 12.6. The molecule has 0 atom stereocenters. The zero-order valence-electron chi connectivity index (χ0n) is 17.6. The van der Waals surface area contributed by atoms with Crippen LogP contribution in [0.1, 0.15) is 25.0 Å². The van der Waals surface area contributed by atoms with E-state index in [-0.39, 0.29) is 42.2 Å². The second-order valence-corrected chi connectivity index (χ2v) is 6.25. The SMILES string of the molecule is CCNC(=NCc1ccc(OC)c(NC(C)=O)c1)NCc1ccccc1OC(F)F.I. The second-order valence-electron chi connectivity index (χ2n) is 6.25. The maximum Gasteiger partial charge on any atom is 0.387 e. The Kier molecular flexibility index (Phi) is 11.6. The lowest BCUT2D eigenvalue weighted by Crippen LogP contribution is -2.36. The van der Waals surface area contributed by atoms with Gasteiger partial charge in [-0.2, -0.15) is 8.78 Å². The molecule has 0 aliphatic heterocycles. The van der Waals surface area contributed by atoms with Gasteiger partial charge < -0.3 is 25.4 Å². The lowest BCUT2D eigenvalue weighted by atomic mass is 10.2. The average Bonchev–Trinajstić information content (AvgIpc) is 2.70. The third kappa shape index (κ3) is 8.95. The van der Waals surface area contributed by atoms with Crippen LogP contribution in [0.15, 0.2) is 47.5 Å². The lowest BCUT2D eigenvalue weighted by molar-refractivity contribution is -0.114. The van der Waals surface area contributed by atoms with Crippen molar-refractivity contribution in [1.82, 2.24) is 10.6 Å². The van der Waals surface area contributed by atoms with Gasteiger partial charge in [-0.3, -0.25) is 4.79 Å². The van der Waals surface area contributed by atoms with Gasteiger partial charge in [0.25, 0.3) is 0 Å². The fourth-order valence-corrected chi connectivity index (χ4v) is 2.69. The molecule has 0 fully saturated rings. The number of anilines is 1. The summed E-state index contributed by atoms with van der Waals surface area (Å²) in [7, 11) is 1.53. The summed E-state index contributed by atoms with van der Waals surface area (Å²) in [5.41, 5.74) is 2.01. The molecule has 2 aromatic carbocycles. The number of amides is 1. The van der Waals surface area contributed by atoms with Crippen LogP contribution in [0.5, 0.6) is 11.5 Å². The second kappa shape index (κ2) is 13.6. The number of nitrogens with zero attached hydrogens (tertiary/aromatic N) is 1. The van der Waals surface area contributed by atoms with E-state index in [1.165, 1.54) is 20.1 Å². The first-order valence-electron chi connectivity index (χ1n) is 9.42. The first kappa shape index (κ1) is 26.4. The minimum atomic E-state index is -2.89. The summed E-state index contributed by atoms with van der Waals surface area (Å²) in [4.78, 5) is 15.9. The van der Waals surface area contributed by atoms with Gasteiger partial charge in [-0.1, -0.05) is 24.3 Å². The Morgan fingerprint density at radius 2 is 1.87 bits per heavy atom. The largest absolute Gasteiger partial charge is 0.495 e. The average molecular weight is 548 g/mol. The van der Waals surface area contributed by atoms with Crippen molar-refractivity contribution >= 4 is 41.5 Å². The number of nitrogens with one attached hydrogen (secondary N) is 3. The topological polar surface area (TPSA) is 84.0 Å². The van der Waals surface area contributed by atoms with Crippen LogP contribution in [0.25, 0.3) is 0 Å². The smallest absolute Gasteiger partial charge is 0.387 e.